The number of allylic oxidation sites excluding steroid dienone is 1. The number of carbonyl (C=O) groups is 4. The maximum absolute atomic E-state index is 14.2. The molecule has 1 unspecified atom stereocenters. The molecule has 19 nitrogen and oxygen atoms in total. The lowest BCUT2D eigenvalue weighted by Gasteiger charge is -2.36. The van der Waals surface area contributed by atoms with Gasteiger partial charge in [-0.2, -0.15) is 4.98 Å². The highest BCUT2D eigenvalue weighted by molar-refractivity contribution is 7.13. The summed E-state index contributed by atoms with van der Waals surface area (Å²) in [6.07, 6.45) is 7.75. The molecule has 4 amide bonds. The molecule has 9 rings (SSSR count). The Morgan fingerprint density at radius 1 is 0.924 bits per heavy atom. The van der Waals surface area contributed by atoms with Crippen molar-refractivity contribution in [3.8, 4) is 16.3 Å². The molecule has 3 aliphatic rings. The lowest BCUT2D eigenvalue weighted by molar-refractivity contribution is -0.144. The van der Waals surface area contributed by atoms with Crippen LogP contribution in [0.4, 0.5) is 17.3 Å². The Hall–Kier alpha value is -7.29. The summed E-state index contributed by atoms with van der Waals surface area (Å²) in [5, 5.41) is 31.6. The number of likely N-dealkylation sites (tertiary alicyclic amines) is 1. The number of piperazine rings is 1. The SMILES string of the molecule is C=CCn1c(=O)c2cnc(Nc3ccc(N4CCN(C(=O)CCCCCCC(=O)NC(C(=O)N5C[C@H](O)C[C@H]5C(=O)N[C@@H](C)c5ccc(-c6scnc6C)cc5)C(C)(C)C)CC4)cc3)nc2n1-c1ccc2c(n1)[C@@](O)(CC)CC2. The second-order valence-electron chi connectivity index (χ2n) is 22.3. The van der Waals surface area contributed by atoms with Crippen LogP contribution in [0.2, 0.25) is 0 Å². The number of nitrogens with one attached hydrogen (secondary N) is 3. The summed E-state index contributed by atoms with van der Waals surface area (Å²) in [6, 6.07) is 17.6. The minimum absolute atomic E-state index is 0.00186. The zero-order valence-electron chi connectivity index (χ0n) is 46.2. The van der Waals surface area contributed by atoms with Gasteiger partial charge in [-0.05, 0) is 98.4 Å². The van der Waals surface area contributed by atoms with Gasteiger partial charge in [-0.1, -0.05) is 76.9 Å². The number of carbonyl (C=O) groups excluding carboxylic acids is 4. The topological polar surface area (TPSA) is 233 Å². The molecular weight excluding hydrogens is 1020 g/mol. The number of nitrogens with zero attached hydrogens (tertiary/aromatic N) is 9. The number of aliphatic hydroxyl groups excluding tert-OH is 1. The van der Waals surface area contributed by atoms with Crippen LogP contribution in [0, 0.1) is 12.3 Å². The number of aromatic nitrogens is 6. The van der Waals surface area contributed by atoms with Gasteiger partial charge < -0.3 is 40.9 Å². The molecule has 2 aliphatic heterocycles. The highest BCUT2D eigenvalue weighted by atomic mass is 32.1. The molecule has 0 saturated carbocycles. The van der Waals surface area contributed by atoms with Crippen LogP contribution in [-0.4, -0.2) is 124 Å². The van der Waals surface area contributed by atoms with Gasteiger partial charge in [-0.15, -0.1) is 17.9 Å². The molecule has 0 spiro atoms. The van der Waals surface area contributed by atoms with E-state index < -0.39 is 35.1 Å². The molecule has 20 heteroatoms. The summed E-state index contributed by atoms with van der Waals surface area (Å²) < 4.78 is 3.19. The number of rotatable bonds is 20. The molecule has 418 valence electrons. The van der Waals surface area contributed by atoms with Gasteiger partial charge in [-0.25, -0.2) is 24.3 Å². The van der Waals surface area contributed by atoms with E-state index in [1.165, 1.54) is 15.8 Å². The number of amides is 4. The first kappa shape index (κ1) is 56.4. The number of anilines is 3. The van der Waals surface area contributed by atoms with Crippen LogP contribution in [0.15, 0.2) is 89.8 Å². The lowest BCUT2D eigenvalue weighted by atomic mass is 9.85. The first-order chi connectivity index (χ1) is 37.8. The Kier molecular flexibility index (Phi) is 17.1. The molecule has 1 aliphatic carbocycles. The summed E-state index contributed by atoms with van der Waals surface area (Å²) >= 11 is 1.58. The minimum Gasteiger partial charge on any atom is -0.391 e. The number of hydrogen-bond acceptors (Lipinski definition) is 14. The predicted molar refractivity (Wildman–Crippen MR) is 306 cm³/mol. The van der Waals surface area contributed by atoms with Crippen molar-refractivity contribution in [2.24, 2.45) is 5.41 Å². The Morgan fingerprint density at radius 3 is 2.32 bits per heavy atom. The van der Waals surface area contributed by atoms with Crippen LogP contribution in [0.3, 0.4) is 0 Å². The predicted octanol–water partition coefficient (Wildman–Crippen LogP) is 7.24. The Labute approximate surface area is 465 Å². The molecule has 5 N–H and O–H groups in total. The normalized spacial score (nSPS) is 19.1. The highest BCUT2D eigenvalue weighted by Gasteiger charge is 2.45. The van der Waals surface area contributed by atoms with Crippen molar-refractivity contribution in [2.75, 3.05) is 42.9 Å². The van der Waals surface area contributed by atoms with Crippen molar-refractivity contribution in [3.63, 3.8) is 0 Å². The fraction of sp³-hybridized carbons (Fsp3) is 0.475. The molecule has 2 fully saturated rings. The van der Waals surface area contributed by atoms with E-state index >= 15 is 0 Å². The van der Waals surface area contributed by atoms with E-state index in [1.807, 2.05) is 113 Å². The first-order valence-corrected chi connectivity index (χ1v) is 28.5. The summed E-state index contributed by atoms with van der Waals surface area (Å²) in [5.74, 6) is -0.119. The van der Waals surface area contributed by atoms with Crippen LogP contribution >= 0.6 is 11.3 Å². The third kappa shape index (κ3) is 12.5. The maximum Gasteiger partial charge on any atom is 0.278 e. The molecule has 6 aromatic rings. The Balaban J connectivity index is 0.704. The zero-order valence-corrected chi connectivity index (χ0v) is 47.0. The number of aliphatic hydroxyl groups is 2. The molecule has 5 atom stereocenters. The average molecular weight is 1100 g/mol. The van der Waals surface area contributed by atoms with Gasteiger partial charge in [0.25, 0.3) is 5.56 Å². The van der Waals surface area contributed by atoms with Crippen LogP contribution in [0.25, 0.3) is 27.3 Å². The van der Waals surface area contributed by atoms with E-state index in [9.17, 15) is 34.2 Å². The number of aryl methyl sites for hydroxylation is 2. The minimum atomic E-state index is -1.02. The molecule has 2 saturated heterocycles. The number of pyridine rings is 1. The lowest BCUT2D eigenvalue weighted by Crippen LogP contribution is -2.57. The number of thiazole rings is 1. The van der Waals surface area contributed by atoms with E-state index in [0.717, 1.165) is 57.9 Å². The van der Waals surface area contributed by atoms with E-state index in [0.29, 0.717) is 86.8 Å². The molecule has 2 aromatic carbocycles. The second kappa shape index (κ2) is 24.0. The van der Waals surface area contributed by atoms with Crippen LogP contribution in [-0.2, 0) is 37.7 Å². The van der Waals surface area contributed by atoms with Crippen LogP contribution in [0.1, 0.15) is 121 Å². The van der Waals surface area contributed by atoms with Gasteiger partial charge in [0, 0.05) is 69.6 Å². The Morgan fingerprint density at radius 2 is 1.65 bits per heavy atom. The van der Waals surface area contributed by atoms with E-state index in [1.54, 1.807) is 22.1 Å². The van der Waals surface area contributed by atoms with E-state index in [-0.39, 0.29) is 55.3 Å². The molecule has 0 bridgehead atoms. The standard InChI is InChI=1S/C59H74N12O7S/c1-8-28-70-55(76)45-34-60-57(66-53(45)71(70)47-25-20-41-26-27-59(78,9-2)51(41)64-47)63-42-21-23-43(24-22-42)67-29-31-68(32-30-67)49(74)15-13-11-10-12-14-48(73)65-52(58(5,6)7)56(77)69-35-44(72)33-46(69)54(75)62-37(3)39-16-18-40(19-17-39)50-38(4)61-36-79-50/h8,16-25,34,36-37,44,46,52,72,78H,1,9-15,26-33,35H2,2-7H3,(H,62,75)(H,65,73)(H,60,63,66)/t37-,44+,46-,52?,59+/m0/s1. The number of benzene rings is 2. The maximum atomic E-state index is 14.2. The van der Waals surface area contributed by atoms with Crippen LogP contribution in [0.5, 0.6) is 0 Å². The summed E-state index contributed by atoms with van der Waals surface area (Å²) in [6.45, 7) is 18.1. The first-order valence-electron chi connectivity index (χ1n) is 27.7. The molecule has 79 heavy (non-hydrogen) atoms. The van der Waals surface area contributed by atoms with Gasteiger partial charge in [0.2, 0.25) is 29.6 Å². The van der Waals surface area contributed by atoms with Gasteiger partial charge in [0.05, 0.1) is 40.5 Å². The number of β-amino-alcohol motifs (C(OH)–C–C–N with tert-alkyl or cyclic N) is 1. The average Bonchev–Trinajstić information content (AvgIpc) is 4.43. The monoisotopic (exact) mass is 1090 g/mol. The molecular formula is C59H74N12O7S. The van der Waals surface area contributed by atoms with Crippen molar-refractivity contribution in [1.82, 2.24) is 49.7 Å². The summed E-state index contributed by atoms with van der Waals surface area (Å²) in [4.78, 5) is 93.3. The van der Waals surface area contributed by atoms with Gasteiger partial charge >= 0.3 is 0 Å². The summed E-state index contributed by atoms with van der Waals surface area (Å²) in [7, 11) is 0. The fourth-order valence-electron chi connectivity index (χ4n) is 11.0. The largest absolute Gasteiger partial charge is 0.391 e. The molecule has 4 aromatic heterocycles. The highest BCUT2D eigenvalue weighted by Crippen LogP contribution is 2.39. The molecule has 6 heterocycles. The van der Waals surface area contributed by atoms with Gasteiger partial charge in [-0.3, -0.25) is 24.0 Å². The van der Waals surface area contributed by atoms with E-state index in [2.05, 4.69) is 37.4 Å². The third-order valence-corrected chi connectivity index (χ3v) is 16.7. The van der Waals surface area contributed by atoms with E-state index in [4.69, 9.17) is 9.97 Å². The zero-order chi connectivity index (χ0) is 56.2. The van der Waals surface area contributed by atoms with Crippen molar-refractivity contribution < 1.29 is 29.4 Å². The quantitative estimate of drug-likeness (QED) is 0.0375. The van der Waals surface area contributed by atoms with Crippen LogP contribution < -0.4 is 26.4 Å². The fourth-order valence-corrected chi connectivity index (χ4v) is 11.8. The van der Waals surface area contributed by atoms with Gasteiger partial charge in [0.15, 0.2) is 11.5 Å². The number of fused-ring (bicyclic) bond motifs is 2. The van der Waals surface area contributed by atoms with Gasteiger partial charge in [0.1, 0.15) is 23.1 Å². The number of hydrogen-bond donors (Lipinski definition) is 5. The Bertz CT molecular complexity index is 3250. The van der Waals surface area contributed by atoms with Crippen molar-refractivity contribution in [1.29, 1.82) is 0 Å². The summed E-state index contributed by atoms with van der Waals surface area (Å²) in [5.41, 5.74) is 6.57. The smallest absolute Gasteiger partial charge is 0.278 e. The van der Waals surface area contributed by atoms with Crippen molar-refractivity contribution in [3.05, 3.63) is 118 Å². The van der Waals surface area contributed by atoms with Crippen molar-refractivity contribution >= 4 is 63.3 Å². The second-order valence-corrected chi connectivity index (χ2v) is 23.2. The van der Waals surface area contributed by atoms with Crippen molar-refractivity contribution in [2.45, 2.75) is 142 Å². The number of unbranched alkanes of at least 4 members (excludes halogenated alkanes) is 3. The molecule has 0 radical (unpaired) electrons. The third-order valence-electron chi connectivity index (χ3n) is 15.7.